The van der Waals surface area contributed by atoms with Crippen molar-refractivity contribution in [2.24, 2.45) is 0 Å². The number of methoxy groups -OCH3 is 4. The molecule has 0 atom stereocenters. The third kappa shape index (κ3) is 8.89. The Morgan fingerprint density at radius 2 is 0.729 bits per heavy atom. The van der Waals surface area contributed by atoms with Crippen molar-refractivity contribution < 1.29 is 56.8 Å². The van der Waals surface area contributed by atoms with Gasteiger partial charge in [0.1, 0.15) is 60.5 Å². The minimum absolute atomic E-state index is 0.202. The van der Waals surface area contributed by atoms with Crippen molar-refractivity contribution in [2.75, 3.05) is 108 Å². The number of benzene rings is 3. The van der Waals surface area contributed by atoms with Crippen molar-refractivity contribution in [1.29, 1.82) is 0 Å². The Kier molecular flexibility index (Phi) is 13.2. The SMILES string of the molecule is COc1ccc(OC)c2cc3c(cc12)OCCOCCOCCOc1nc2c(OC)ccc(OC)c2nc1OCCOCCOCCO3. The topological polar surface area (TPSA) is 137 Å². The molecule has 0 radical (unpaired) electrons. The Morgan fingerprint density at radius 1 is 0.417 bits per heavy atom. The fourth-order valence-corrected chi connectivity index (χ4v) is 4.91. The van der Waals surface area contributed by atoms with Crippen molar-refractivity contribution in [3.05, 3.63) is 36.4 Å². The standard InChI is InChI=1S/C34H42N2O12/c1-37-25-5-6-26(38-2)24-22-30-29(21-23(24)25)45-17-13-41-9-11-43-15-19-47-33-34(48-20-16-44-12-10-42-14-18-46-30)36-32-28(40-4)8-7-27(39-3)31(32)35-33/h5-8,21-22H,9-20H2,1-4H3. The van der Waals surface area contributed by atoms with E-state index in [1.54, 1.807) is 40.6 Å². The first kappa shape index (κ1) is 34.8. The molecule has 0 saturated carbocycles. The van der Waals surface area contributed by atoms with Crippen molar-refractivity contribution in [1.82, 2.24) is 9.97 Å². The van der Waals surface area contributed by atoms with E-state index in [2.05, 4.69) is 9.97 Å². The van der Waals surface area contributed by atoms with E-state index < -0.39 is 0 Å². The van der Waals surface area contributed by atoms with Crippen LogP contribution in [0.15, 0.2) is 36.4 Å². The first-order valence-electron chi connectivity index (χ1n) is 15.6. The van der Waals surface area contributed by atoms with Gasteiger partial charge in [-0.05, 0) is 36.4 Å². The zero-order valence-electron chi connectivity index (χ0n) is 27.7. The highest BCUT2D eigenvalue weighted by atomic mass is 16.6. The fraction of sp³-hybridized carbons (Fsp3) is 0.471. The zero-order chi connectivity index (χ0) is 33.6. The molecule has 260 valence electrons. The molecule has 1 aromatic heterocycles. The van der Waals surface area contributed by atoms with Crippen molar-refractivity contribution >= 4 is 21.8 Å². The van der Waals surface area contributed by atoms with Gasteiger partial charge in [0.05, 0.1) is 81.3 Å². The van der Waals surface area contributed by atoms with Crippen LogP contribution in [0.2, 0.25) is 0 Å². The average molecular weight is 671 g/mol. The van der Waals surface area contributed by atoms with Gasteiger partial charge in [0, 0.05) is 10.8 Å². The highest BCUT2D eigenvalue weighted by Crippen LogP contribution is 2.41. The first-order valence-corrected chi connectivity index (χ1v) is 15.6. The number of rotatable bonds is 4. The van der Waals surface area contributed by atoms with E-state index in [9.17, 15) is 0 Å². The van der Waals surface area contributed by atoms with Crippen LogP contribution < -0.4 is 37.9 Å². The molecule has 0 N–H and O–H groups in total. The van der Waals surface area contributed by atoms with Gasteiger partial charge in [-0.3, -0.25) is 0 Å². The maximum Gasteiger partial charge on any atom is 0.278 e. The lowest BCUT2D eigenvalue weighted by Crippen LogP contribution is -2.16. The third-order valence-corrected chi connectivity index (χ3v) is 7.21. The second kappa shape index (κ2) is 18.2. The van der Waals surface area contributed by atoms with Gasteiger partial charge < -0.3 is 56.8 Å². The van der Waals surface area contributed by atoms with Gasteiger partial charge in [0.25, 0.3) is 11.8 Å². The summed E-state index contributed by atoms with van der Waals surface area (Å²) < 4.78 is 69.1. The summed E-state index contributed by atoms with van der Waals surface area (Å²) >= 11 is 0. The van der Waals surface area contributed by atoms with Crippen LogP contribution in [-0.4, -0.2) is 118 Å². The van der Waals surface area contributed by atoms with Crippen LogP contribution in [-0.2, 0) is 18.9 Å². The summed E-state index contributed by atoms with van der Waals surface area (Å²) in [4.78, 5) is 9.28. The largest absolute Gasteiger partial charge is 0.496 e. The van der Waals surface area contributed by atoms with Crippen LogP contribution in [0.4, 0.5) is 0 Å². The minimum atomic E-state index is 0.202. The molecule has 14 heteroatoms. The molecule has 4 aromatic rings. The van der Waals surface area contributed by atoms with E-state index >= 15 is 0 Å². The molecule has 0 aliphatic carbocycles. The van der Waals surface area contributed by atoms with Crippen LogP contribution in [0.25, 0.3) is 21.8 Å². The number of aromatic nitrogens is 2. The van der Waals surface area contributed by atoms with Gasteiger partial charge in [-0.15, -0.1) is 0 Å². The Balaban J connectivity index is 1.24. The van der Waals surface area contributed by atoms with Crippen molar-refractivity contribution in [3.63, 3.8) is 0 Å². The Hall–Kier alpha value is -4.50. The van der Waals surface area contributed by atoms with E-state index in [-0.39, 0.29) is 25.0 Å². The summed E-state index contributed by atoms with van der Waals surface area (Å²) in [5.74, 6) is 3.94. The van der Waals surface area contributed by atoms with Gasteiger partial charge in [0.2, 0.25) is 0 Å². The number of hydrogen-bond acceptors (Lipinski definition) is 14. The van der Waals surface area contributed by atoms with E-state index in [0.29, 0.717) is 112 Å². The Morgan fingerprint density at radius 3 is 1.08 bits per heavy atom. The molecular formula is C34H42N2O12. The third-order valence-electron chi connectivity index (χ3n) is 7.21. The van der Waals surface area contributed by atoms with Crippen LogP contribution in [0.3, 0.4) is 0 Å². The molecule has 0 spiro atoms. The molecule has 0 amide bonds. The summed E-state index contributed by atoms with van der Waals surface area (Å²) in [6.45, 7) is 3.73. The summed E-state index contributed by atoms with van der Waals surface area (Å²) in [5, 5.41) is 1.67. The number of fused-ring (bicyclic) bond motifs is 4. The Labute approximate surface area is 278 Å². The zero-order valence-corrected chi connectivity index (χ0v) is 27.7. The Bertz CT molecular complexity index is 1380. The monoisotopic (exact) mass is 670 g/mol. The molecule has 48 heavy (non-hydrogen) atoms. The summed E-state index contributed by atoms with van der Waals surface area (Å²) in [5.41, 5.74) is 0.965. The van der Waals surface area contributed by atoms with Gasteiger partial charge in [-0.25, -0.2) is 9.97 Å². The smallest absolute Gasteiger partial charge is 0.278 e. The predicted octanol–water partition coefficient (Wildman–Crippen LogP) is 4.11. The lowest BCUT2D eigenvalue weighted by Gasteiger charge is -2.17. The van der Waals surface area contributed by atoms with Gasteiger partial charge in [0.15, 0.2) is 11.5 Å². The van der Waals surface area contributed by atoms with E-state index in [0.717, 1.165) is 10.8 Å². The molecule has 14 nitrogen and oxygen atoms in total. The molecule has 0 saturated heterocycles. The molecule has 5 rings (SSSR count). The molecule has 0 unspecified atom stereocenters. The summed E-state index contributed by atoms with van der Waals surface area (Å²) in [7, 11) is 6.37. The quantitative estimate of drug-likeness (QED) is 0.308. The summed E-state index contributed by atoms with van der Waals surface area (Å²) in [6.07, 6.45) is 0. The van der Waals surface area contributed by atoms with E-state index in [1.165, 1.54) is 0 Å². The molecule has 1 aliphatic heterocycles. The highest BCUT2D eigenvalue weighted by Gasteiger charge is 2.19. The number of hydrogen-bond donors (Lipinski definition) is 0. The minimum Gasteiger partial charge on any atom is -0.496 e. The van der Waals surface area contributed by atoms with Crippen LogP contribution in [0.1, 0.15) is 0 Å². The molecular weight excluding hydrogens is 628 g/mol. The van der Waals surface area contributed by atoms with Gasteiger partial charge in [-0.1, -0.05) is 0 Å². The lowest BCUT2D eigenvalue weighted by atomic mass is 10.1. The molecule has 0 bridgehead atoms. The van der Waals surface area contributed by atoms with Crippen LogP contribution in [0.5, 0.6) is 46.3 Å². The lowest BCUT2D eigenvalue weighted by molar-refractivity contribution is 0.0216. The second-order valence-corrected chi connectivity index (χ2v) is 10.2. The molecule has 3 aromatic carbocycles. The summed E-state index contributed by atoms with van der Waals surface area (Å²) in [6, 6.07) is 11.0. The van der Waals surface area contributed by atoms with Crippen LogP contribution in [0, 0.1) is 0 Å². The van der Waals surface area contributed by atoms with E-state index in [4.69, 9.17) is 56.8 Å². The maximum atomic E-state index is 6.09. The molecule has 2 heterocycles. The van der Waals surface area contributed by atoms with Gasteiger partial charge >= 0.3 is 0 Å². The average Bonchev–Trinajstić information content (AvgIpc) is 3.11. The molecule has 1 aliphatic rings. The van der Waals surface area contributed by atoms with E-state index in [1.807, 2.05) is 24.3 Å². The maximum absolute atomic E-state index is 6.09. The highest BCUT2D eigenvalue weighted by molar-refractivity contribution is 5.96. The van der Waals surface area contributed by atoms with Crippen LogP contribution >= 0.6 is 0 Å². The molecule has 0 fully saturated rings. The normalized spacial score (nSPS) is 16.1. The van der Waals surface area contributed by atoms with Crippen molar-refractivity contribution in [2.45, 2.75) is 0 Å². The van der Waals surface area contributed by atoms with Gasteiger partial charge in [-0.2, -0.15) is 0 Å². The van der Waals surface area contributed by atoms with Crippen molar-refractivity contribution in [3.8, 4) is 46.3 Å². The fourth-order valence-electron chi connectivity index (χ4n) is 4.91. The predicted molar refractivity (Wildman–Crippen MR) is 175 cm³/mol. The first-order chi connectivity index (χ1) is 23.7. The number of nitrogens with zero attached hydrogens (tertiary/aromatic N) is 2. The second-order valence-electron chi connectivity index (χ2n) is 10.2. The number of ether oxygens (including phenoxy) is 12.